The fourth-order valence-electron chi connectivity index (χ4n) is 4.11. The van der Waals surface area contributed by atoms with Gasteiger partial charge in [0.05, 0.1) is 12.2 Å². The van der Waals surface area contributed by atoms with Crippen molar-refractivity contribution in [2.45, 2.75) is 46.2 Å². The Hall–Kier alpha value is -1.71. The summed E-state index contributed by atoms with van der Waals surface area (Å²) in [5, 5.41) is 0. The van der Waals surface area contributed by atoms with Crippen molar-refractivity contribution < 1.29 is 4.79 Å². The van der Waals surface area contributed by atoms with Crippen LogP contribution in [-0.2, 0) is 24.3 Å². The van der Waals surface area contributed by atoms with E-state index in [4.69, 9.17) is 0 Å². The molecule has 1 aromatic rings. The van der Waals surface area contributed by atoms with E-state index in [1.54, 1.807) is 0 Å². The van der Waals surface area contributed by atoms with Gasteiger partial charge in [0.1, 0.15) is 5.82 Å². The van der Waals surface area contributed by atoms with E-state index in [1.807, 2.05) is 11.1 Å². The molecule has 1 saturated carbocycles. The summed E-state index contributed by atoms with van der Waals surface area (Å²) in [7, 11) is 0. The summed E-state index contributed by atoms with van der Waals surface area (Å²) < 4.78 is 0. The van der Waals surface area contributed by atoms with Gasteiger partial charge < -0.3 is 4.90 Å². The number of hydrogen-bond donors (Lipinski definition) is 0. The summed E-state index contributed by atoms with van der Waals surface area (Å²) in [6.45, 7) is 5.71. The molecule has 0 aromatic carbocycles. The third kappa shape index (κ3) is 2.34. The van der Waals surface area contributed by atoms with Crippen LogP contribution in [0.15, 0.2) is 18.3 Å². The van der Waals surface area contributed by atoms with Crippen molar-refractivity contribution in [1.82, 2.24) is 14.9 Å². The zero-order chi connectivity index (χ0) is 15.3. The Kier molecular flexibility index (Phi) is 3.28. The van der Waals surface area contributed by atoms with Crippen LogP contribution in [0.4, 0.5) is 0 Å². The van der Waals surface area contributed by atoms with Crippen molar-refractivity contribution in [3.05, 3.63) is 35.4 Å². The van der Waals surface area contributed by atoms with E-state index in [9.17, 15) is 4.79 Å². The number of allylic oxidation sites excluding steroid dienone is 2. The van der Waals surface area contributed by atoms with Crippen LogP contribution in [0.3, 0.4) is 0 Å². The molecule has 4 nitrogen and oxygen atoms in total. The van der Waals surface area contributed by atoms with Gasteiger partial charge in [0, 0.05) is 30.6 Å². The Morgan fingerprint density at radius 1 is 1.32 bits per heavy atom. The largest absolute Gasteiger partial charge is 0.332 e. The summed E-state index contributed by atoms with van der Waals surface area (Å²) in [6, 6.07) is 0. The lowest BCUT2D eigenvalue weighted by atomic mass is 9.92. The first-order valence-electron chi connectivity index (χ1n) is 8.41. The maximum Gasteiger partial charge on any atom is 0.226 e. The Morgan fingerprint density at radius 3 is 2.86 bits per heavy atom. The van der Waals surface area contributed by atoms with Gasteiger partial charge >= 0.3 is 0 Å². The quantitative estimate of drug-likeness (QED) is 0.806. The summed E-state index contributed by atoms with van der Waals surface area (Å²) in [6.07, 6.45) is 9.58. The summed E-state index contributed by atoms with van der Waals surface area (Å²) in [5.74, 6) is 3.10. The van der Waals surface area contributed by atoms with Crippen molar-refractivity contribution in [1.29, 1.82) is 0 Å². The lowest BCUT2D eigenvalue weighted by molar-refractivity contribution is -0.137. The minimum absolute atomic E-state index is 0.201. The SMILES string of the molecule is CC(C)Cc1ncc2c(n1)CN(C(=O)[C@H]1C[C@@H]3C=C[C@H]1C3)C2. The number of hydrogen-bond acceptors (Lipinski definition) is 3. The maximum absolute atomic E-state index is 12.8. The van der Waals surface area contributed by atoms with Crippen LogP contribution in [0, 0.1) is 23.7 Å². The number of fused-ring (bicyclic) bond motifs is 3. The Labute approximate surface area is 131 Å². The summed E-state index contributed by atoms with van der Waals surface area (Å²) in [4.78, 5) is 23.9. The zero-order valence-corrected chi connectivity index (χ0v) is 13.3. The van der Waals surface area contributed by atoms with E-state index in [0.717, 1.165) is 29.9 Å². The first-order valence-corrected chi connectivity index (χ1v) is 8.41. The molecular weight excluding hydrogens is 274 g/mol. The topological polar surface area (TPSA) is 46.1 Å². The van der Waals surface area contributed by atoms with Crippen molar-refractivity contribution in [3.63, 3.8) is 0 Å². The van der Waals surface area contributed by atoms with Crippen LogP contribution in [0.1, 0.15) is 43.8 Å². The molecule has 0 radical (unpaired) electrons. The number of amides is 1. The van der Waals surface area contributed by atoms with Gasteiger partial charge in [-0.2, -0.15) is 0 Å². The maximum atomic E-state index is 12.8. The lowest BCUT2D eigenvalue weighted by Crippen LogP contribution is -2.34. The van der Waals surface area contributed by atoms with Crippen molar-refractivity contribution in [3.8, 4) is 0 Å². The van der Waals surface area contributed by atoms with Gasteiger partial charge in [-0.25, -0.2) is 9.97 Å². The van der Waals surface area contributed by atoms with Gasteiger partial charge in [0.25, 0.3) is 0 Å². The van der Waals surface area contributed by atoms with Crippen LogP contribution >= 0.6 is 0 Å². The van der Waals surface area contributed by atoms with E-state index >= 15 is 0 Å². The normalized spacial score (nSPS) is 28.7. The minimum atomic E-state index is 0.201. The molecule has 0 unspecified atom stereocenters. The first kappa shape index (κ1) is 13.9. The van der Waals surface area contributed by atoms with Gasteiger partial charge in [0.2, 0.25) is 5.91 Å². The molecule has 2 aliphatic carbocycles. The molecular formula is C18H23N3O. The lowest BCUT2D eigenvalue weighted by Gasteiger charge is -2.23. The molecule has 1 aliphatic heterocycles. The highest BCUT2D eigenvalue weighted by molar-refractivity contribution is 5.80. The fraction of sp³-hybridized carbons (Fsp3) is 0.611. The van der Waals surface area contributed by atoms with E-state index in [0.29, 0.717) is 36.8 Å². The molecule has 1 amide bonds. The second kappa shape index (κ2) is 5.18. The molecule has 116 valence electrons. The average molecular weight is 297 g/mol. The smallest absolute Gasteiger partial charge is 0.226 e. The number of nitrogens with zero attached hydrogens (tertiary/aromatic N) is 3. The van der Waals surface area contributed by atoms with Gasteiger partial charge in [-0.15, -0.1) is 0 Å². The summed E-state index contributed by atoms with van der Waals surface area (Å²) >= 11 is 0. The molecule has 0 spiro atoms. The second-order valence-corrected chi connectivity index (χ2v) is 7.44. The third-order valence-corrected chi connectivity index (χ3v) is 5.20. The van der Waals surface area contributed by atoms with Crippen LogP contribution in [0.2, 0.25) is 0 Å². The van der Waals surface area contributed by atoms with Crippen LogP contribution in [0.5, 0.6) is 0 Å². The number of carbonyl (C=O) groups is 1. The Balaban J connectivity index is 1.47. The van der Waals surface area contributed by atoms with E-state index in [2.05, 4.69) is 36.0 Å². The Bertz CT molecular complexity index is 637. The predicted octanol–water partition coefficient (Wildman–Crippen LogP) is 2.73. The number of carbonyl (C=O) groups excluding carboxylic acids is 1. The third-order valence-electron chi connectivity index (χ3n) is 5.20. The van der Waals surface area contributed by atoms with Crippen molar-refractivity contribution >= 4 is 5.91 Å². The highest BCUT2D eigenvalue weighted by atomic mass is 16.2. The molecule has 3 aliphatic rings. The fourth-order valence-corrected chi connectivity index (χ4v) is 4.11. The molecule has 0 saturated heterocycles. The molecule has 1 fully saturated rings. The van der Waals surface area contributed by atoms with E-state index < -0.39 is 0 Å². The first-order chi connectivity index (χ1) is 10.6. The molecule has 4 heteroatoms. The van der Waals surface area contributed by atoms with Crippen LogP contribution in [0.25, 0.3) is 0 Å². The van der Waals surface area contributed by atoms with E-state index in [-0.39, 0.29) is 5.92 Å². The molecule has 2 heterocycles. The standard InChI is InChI=1S/C18H23N3O/c1-11(2)5-17-19-8-14-9-21(10-16(14)20-17)18(22)15-7-12-3-4-13(15)6-12/h3-4,8,11-13,15H,5-7,9-10H2,1-2H3/t12-,13+,15+/m1/s1. The summed E-state index contributed by atoms with van der Waals surface area (Å²) in [5.41, 5.74) is 2.18. The van der Waals surface area contributed by atoms with Crippen molar-refractivity contribution in [2.75, 3.05) is 0 Å². The zero-order valence-electron chi connectivity index (χ0n) is 13.3. The number of aromatic nitrogens is 2. The molecule has 1 aromatic heterocycles. The monoisotopic (exact) mass is 297 g/mol. The van der Waals surface area contributed by atoms with Crippen molar-refractivity contribution in [2.24, 2.45) is 23.7 Å². The predicted molar refractivity (Wildman–Crippen MR) is 83.7 cm³/mol. The van der Waals surface area contributed by atoms with Crippen LogP contribution in [-0.4, -0.2) is 20.8 Å². The van der Waals surface area contributed by atoms with Gasteiger partial charge in [0.15, 0.2) is 0 Å². The van der Waals surface area contributed by atoms with Gasteiger partial charge in [-0.3, -0.25) is 4.79 Å². The molecule has 0 N–H and O–H groups in total. The highest BCUT2D eigenvalue weighted by Crippen LogP contribution is 2.44. The molecule has 2 bridgehead atoms. The Morgan fingerprint density at radius 2 is 2.18 bits per heavy atom. The molecule has 22 heavy (non-hydrogen) atoms. The average Bonchev–Trinajstić information content (AvgIpc) is 3.19. The molecule has 4 rings (SSSR count). The minimum Gasteiger partial charge on any atom is -0.332 e. The number of rotatable bonds is 3. The van der Waals surface area contributed by atoms with Gasteiger partial charge in [-0.05, 0) is 30.6 Å². The van der Waals surface area contributed by atoms with Crippen LogP contribution < -0.4 is 0 Å². The van der Waals surface area contributed by atoms with E-state index in [1.165, 1.54) is 6.42 Å². The molecule has 3 atom stereocenters. The second-order valence-electron chi connectivity index (χ2n) is 7.44. The van der Waals surface area contributed by atoms with Gasteiger partial charge in [-0.1, -0.05) is 26.0 Å². The highest BCUT2D eigenvalue weighted by Gasteiger charge is 2.42.